The molecule has 1 aliphatic rings. The lowest BCUT2D eigenvalue weighted by Gasteiger charge is -2.35. The summed E-state index contributed by atoms with van der Waals surface area (Å²) in [6, 6.07) is 2.95. The van der Waals surface area contributed by atoms with Crippen molar-refractivity contribution in [2.24, 2.45) is 0 Å². The van der Waals surface area contributed by atoms with Crippen LogP contribution in [0.15, 0.2) is 12.1 Å². The summed E-state index contributed by atoms with van der Waals surface area (Å²) in [5, 5.41) is 2.60. The van der Waals surface area contributed by atoms with Crippen LogP contribution < -0.4 is 10.2 Å². The van der Waals surface area contributed by atoms with E-state index in [1.54, 1.807) is 13.1 Å². The first-order chi connectivity index (χ1) is 8.19. The van der Waals surface area contributed by atoms with Crippen molar-refractivity contribution in [2.45, 2.75) is 19.8 Å². The predicted octanol–water partition coefficient (Wildman–Crippen LogP) is 1.96. The largest absolute Gasteiger partial charge is 0.369 e. The fourth-order valence-electron chi connectivity index (χ4n) is 2.19. The van der Waals surface area contributed by atoms with Gasteiger partial charge in [0.05, 0.1) is 5.69 Å². The van der Waals surface area contributed by atoms with Crippen molar-refractivity contribution in [3.05, 3.63) is 29.1 Å². The number of anilines is 1. The Morgan fingerprint density at radius 1 is 1.47 bits per heavy atom. The van der Waals surface area contributed by atoms with Crippen molar-refractivity contribution in [1.82, 2.24) is 5.32 Å². The molecule has 1 heterocycles. The Hall–Kier alpha value is -1.58. The van der Waals surface area contributed by atoms with Crippen LogP contribution >= 0.6 is 0 Å². The summed E-state index contributed by atoms with van der Waals surface area (Å²) < 4.78 is 13.9. The third-order valence-corrected chi connectivity index (χ3v) is 3.23. The number of hydrogen-bond donors (Lipinski definition) is 1. The first kappa shape index (κ1) is 11.9. The minimum absolute atomic E-state index is 0.149. The van der Waals surface area contributed by atoms with E-state index in [9.17, 15) is 9.18 Å². The zero-order valence-electron chi connectivity index (χ0n) is 10.2. The quantitative estimate of drug-likeness (QED) is 0.870. The van der Waals surface area contributed by atoms with Gasteiger partial charge < -0.3 is 10.2 Å². The second-order valence-electron chi connectivity index (χ2n) is 4.20. The molecule has 1 aromatic carbocycles. The lowest BCUT2D eigenvalue weighted by Crippen LogP contribution is -2.38. The molecular formula is C13H17FN2O. The van der Waals surface area contributed by atoms with Crippen LogP contribution in [0.5, 0.6) is 0 Å². The average Bonchev–Trinajstić information content (AvgIpc) is 2.28. The van der Waals surface area contributed by atoms with Crippen LogP contribution in [0.25, 0.3) is 0 Å². The van der Waals surface area contributed by atoms with Gasteiger partial charge in [0, 0.05) is 25.7 Å². The number of nitrogens with zero attached hydrogens (tertiary/aromatic N) is 1. The highest BCUT2D eigenvalue weighted by molar-refractivity contribution is 5.97. The maximum absolute atomic E-state index is 13.9. The van der Waals surface area contributed by atoms with Crippen LogP contribution in [0.2, 0.25) is 0 Å². The maximum atomic E-state index is 13.9. The van der Waals surface area contributed by atoms with Crippen LogP contribution in [0, 0.1) is 5.82 Å². The monoisotopic (exact) mass is 236 g/mol. The third-order valence-electron chi connectivity index (χ3n) is 3.23. The summed E-state index contributed by atoms with van der Waals surface area (Å²) in [7, 11) is 1.59. The van der Waals surface area contributed by atoms with Crippen molar-refractivity contribution in [1.29, 1.82) is 0 Å². The van der Waals surface area contributed by atoms with Crippen molar-refractivity contribution < 1.29 is 9.18 Å². The molecule has 0 saturated carbocycles. The number of amides is 1. The molecule has 1 fully saturated rings. The van der Waals surface area contributed by atoms with Gasteiger partial charge in [-0.25, -0.2) is 4.39 Å². The standard InChI is InChI=1S/C13H17FN2O/c1-3-9-10(13(17)15-2)5-6-11(14)12(9)16-7-4-8-16/h5-6H,3-4,7-8H2,1-2H3,(H,15,17). The Morgan fingerprint density at radius 2 is 2.18 bits per heavy atom. The van der Waals surface area contributed by atoms with Gasteiger partial charge in [-0.2, -0.15) is 0 Å². The van der Waals surface area contributed by atoms with Crippen LogP contribution in [-0.4, -0.2) is 26.0 Å². The molecule has 1 saturated heterocycles. The zero-order chi connectivity index (χ0) is 12.4. The Morgan fingerprint density at radius 3 is 2.65 bits per heavy atom. The minimum Gasteiger partial charge on any atom is -0.369 e. The van der Waals surface area contributed by atoms with E-state index < -0.39 is 0 Å². The topological polar surface area (TPSA) is 32.3 Å². The summed E-state index contributed by atoms with van der Waals surface area (Å²) in [4.78, 5) is 13.7. The summed E-state index contributed by atoms with van der Waals surface area (Å²) in [6.07, 6.45) is 1.75. The number of hydrogen-bond acceptors (Lipinski definition) is 2. The van der Waals surface area contributed by atoms with Gasteiger partial charge in [0.1, 0.15) is 5.82 Å². The minimum atomic E-state index is -0.228. The molecule has 0 aliphatic carbocycles. The highest BCUT2D eigenvalue weighted by atomic mass is 19.1. The molecule has 0 spiro atoms. The van der Waals surface area contributed by atoms with Crippen LogP contribution in [-0.2, 0) is 6.42 Å². The van der Waals surface area contributed by atoms with E-state index in [2.05, 4.69) is 5.32 Å². The number of rotatable bonds is 3. The molecule has 1 aromatic rings. The molecular weight excluding hydrogens is 219 g/mol. The average molecular weight is 236 g/mol. The Balaban J connectivity index is 2.51. The SMILES string of the molecule is CCc1c(C(=O)NC)ccc(F)c1N1CCC1. The first-order valence-corrected chi connectivity index (χ1v) is 5.97. The van der Waals surface area contributed by atoms with Gasteiger partial charge in [0.2, 0.25) is 0 Å². The van der Waals surface area contributed by atoms with Gasteiger partial charge in [0.25, 0.3) is 5.91 Å². The van der Waals surface area contributed by atoms with Crippen molar-refractivity contribution in [3.63, 3.8) is 0 Å². The predicted molar refractivity (Wildman–Crippen MR) is 66.0 cm³/mol. The van der Waals surface area contributed by atoms with E-state index in [1.807, 2.05) is 11.8 Å². The molecule has 17 heavy (non-hydrogen) atoms. The summed E-state index contributed by atoms with van der Waals surface area (Å²) in [5.74, 6) is -0.377. The normalized spacial score (nSPS) is 14.4. The number of benzene rings is 1. The van der Waals surface area contributed by atoms with Gasteiger partial charge in [-0.3, -0.25) is 4.79 Å². The van der Waals surface area contributed by atoms with Gasteiger partial charge in [0.15, 0.2) is 0 Å². The van der Waals surface area contributed by atoms with Gasteiger partial charge in [-0.1, -0.05) is 6.92 Å². The summed E-state index contributed by atoms with van der Waals surface area (Å²) >= 11 is 0. The zero-order valence-corrected chi connectivity index (χ0v) is 10.2. The van der Waals surface area contributed by atoms with E-state index in [1.165, 1.54) is 6.07 Å². The summed E-state index contributed by atoms with van der Waals surface area (Å²) in [6.45, 7) is 3.70. The van der Waals surface area contributed by atoms with Crippen molar-refractivity contribution >= 4 is 11.6 Å². The highest BCUT2D eigenvalue weighted by Crippen LogP contribution is 2.31. The molecule has 0 aromatic heterocycles. The van der Waals surface area contributed by atoms with E-state index in [0.717, 1.165) is 25.1 Å². The van der Waals surface area contributed by atoms with Gasteiger partial charge in [-0.05, 0) is 30.5 Å². The molecule has 1 N–H and O–H groups in total. The van der Waals surface area contributed by atoms with Crippen molar-refractivity contribution in [2.75, 3.05) is 25.0 Å². The maximum Gasteiger partial charge on any atom is 0.251 e. The highest BCUT2D eigenvalue weighted by Gasteiger charge is 2.24. The van der Waals surface area contributed by atoms with E-state index in [4.69, 9.17) is 0 Å². The fourth-order valence-corrected chi connectivity index (χ4v) is 2.19. The van der Waals surface area contributed by atoms with Gasteiger partial charge >= 0.3 is 0 Å². The number of nitrogens with one attached hydrogen (secondary N) is 1. The molecule has 2 rings (SSSR count). The van der Waals surface area contributed by atoms with E-state index >= 15 is 0 Å². The molecule has 4 heteroatoms. The lowest BCUT2D eigenvalue weighted by atomic mass is 9.99. The van der Waals surface area contributed by atoms with Gasteiger partial charge in [-0.15, -0.1) is 0 Å². The molecule has 0 radical (unpaired) electrons. The second-order valence-corrected chi connectivity index (χ2v) is 4.20. The number of halogens is 1. The summed E-state index contributed by atoms with van der Waals surface area (Å²) in [5.41, 5.74) is 2.00. The third kappa shape index (κ3) is 1.99. The van der Waals surface area contributed by atoms with Crippen molar-refractivity contribution in [3.8, 4) is 0 Å². The van der Waals surface area contributed by atoms with E-state index in [-0.39, 0.29) is 11.7 Å². The molecule has 0 atom stereocenters. The molecule has 92 valence electrons. The van der Waals surface area contributed by atoms with E-state index in [0.29, 0.717) is 17.7 Å². The van der Waals surface area contributed by atoms with Crippen LogP contribution in [0.3, 0.4) is 0 Å². The number of carbonyl (C=O) groups excluding carboxylic acids is 1. The smallest absolute Gasteiger partial charge is 0.251 e. The Labute approximate surface area is 101 Å². The molecule has 0 unspecified atom stereocenters. The van der Waals surface area contributed by atoms with Crippen LogP contribution in [0.1, 0.15) is 29.3 Å². The molecule has 3 nitrogen and oxygen atoms in total. The molecule has 0 bridgehead atoms. The molecule has 1 amide bonds. The van der Waals surface area contributed by atoms with Crippen LogP contribution in [0.4, 0.5) is 10.1 Å². The number of carbonyl (C=O) groups is 1. The molecule has 1 aliphatic heterocycles. The second kappa shape index (κ2) is 4.73. The first-order valence-electron chi connectivity index (χ1n) is 5.97. The fraction of sp³-hybridized carbons (Fsp3) is 0.462. The Bertz CT molecular complexity index is 441. The lowest BCUT2D eigenvalue weighted by molar-refractivity contribution is 0.0962. The Kier molecular flexibility index (Phi) is 3.31.